The van der Waals surface area contributed by atoms with Crippen LogP contribution < -0.4 is 5.32 Å². The Bertz CT molecular complexity index is 1770. The van der Waals surface area contributed by atoms with E-state index in [2.05, 4.69) is 38.2 Å². The predicted octanol–water partition coefficient (Wildman–Crippen LogP) is 7.49. The number of carbonyl (C=O) groups is 3. The number of hydrogen-bond donors (Lipinski definition) is 1. The van der Waals surface area contributed by atoms with Crippen LogP contribution in [0.25, 0.3) is 16.8 Å². The maximum absolute atomic E-state index is 14.6. The highest BCUT2D eigenvalue weighted by atomic mass is 35.5. The summed E-state index contributed by atoms with van der Waals surface area (Å²) in [5.41, 5.74) is 6.52. The summed E-state index contributed by atoms with van der Waals surface area (Å²) in [5, 5.41) is 7.74. The zero-order chi connectivity index (χ0) is 33.7. The highest BCUT2D eigenvalue weighted by Gasteiger charge is 2.30. The summed E-state index contributed by atoms with van der Waals surface area (Å²) in [4.78, 5) is 44.3. The molecule has 47 heavy (non-hydrogen) atoms. The van der Waals surface area contributed by atoms with E-state index in [0.29, 0.717) is 47.2 Å². The van der Waals surface area contributed by atoms with E-state index in [1.807, 2.05) is 59.2 Å². The topological polar surface area (TPSA) is 87.5 Å². The number of benzene rings is 3. The third-order valence-corrected chi connectivity index (χ3v) is 9.27. The minimum absolute atomic E-state index is 0.0169. The van der Waals surface area contributed by atoms with E-state index >= 15 is 0 Å². The second-order valence-electron chi connectivity index (χ2n) is 12.3. The first-order chi connectivity index (χ1) is 22.7. The van der Waals surface area contributed by atoms with Gasteiger partial charge in [0, 0.05) is 38.4 Å². The summed E-state index contributed by atoms with van der Waals surface area (Å²) < 4.78 is 1.71. The Morgan fingerprint density at radius 3 is 2.23 bits per heavy atom. The lowest BCUT2D eigenvalue weighted by molar-refractivity contribution is 0.0657. The molecule has 1 N–H and O–H groups in total. The van der Waals surface area contributed by atoms with Crippen molar-refractivity contribution in [3.05, 3.63) is 105 Å². The molecule has 246 valence electrons. The number of halogens is 1. The van der Waals surface area contributed by atoms with Gasteiger partial charge in [0.2, 0.25) is 0 Å². The number of fused-ring (bicyclic) bond motifs is 1. The Kier molecular flexibility index (Phi) is 10.8. The van der Waals surface area contributed by atoms with Crippen LogP contribution >= 0.6 is 11.6 Å². The van der Waals surface area contributed by atoms with E-state index in [-0.39, 0.29) is 23.8 Å². The van der Waals surface area contributed by atoms with E-state index in [4.69, 9.17) is 16.7 Å². The van der Waals surface area contributed by atoms with E-state index in [0.717, 1.165) is 54.5 Å². The number of carbonyl (C=O) groups excluding carboxylic acids is 3. The van der Waals surface area contributed by atoms with E-state index in [9.17, 15) is 14.4 Å². The Morgan fingerprint density at radius 1 is 0.915 bits per heavy atom. The predicted molar refractivity (Wildman–Crippen MR) is 187 cm³/mol. The van der Waals surface area contributed by atoms with Crippen molar-refractivity contribution in [2.75, 3.05) is 20.1 Å². The number of unbranched alkanes of at least 4 members (excludes halogenated alkanes) is 2. The highest BCUT2D eigenvalue weighted by Crippen LogP contribution is 2.32. The maximum atomic E-state index is 14.6. The van der Waals surface area contributed by atoms with Gasteiger partial charge < -0.3 is 15.1 Å². The van der Waals surface area contributed by atoms with Crippen LogP contribution in [0.3, 0.4) is 0 Å². The van der Waals surface area contributed by atoms with Gasteiger partial charge in [-0.25, -0.2) is 4.68 Å². The van der Waals surface area contributed by atoms with Crippen LogP contribution in [-0.2, 0) is 13.0 Å². The van der Waals surface area contributed by atoms with Crippen molar-refractivity contribution < 1.29 is 14.4 Å². The summed E-state index contributed by atoms with van der Waals surface area (Å²) in [7, 11) is 1.56. The van der Waals surface area contributed by atoms with Crippen LogP contribution in [0.15, 0.2) is 66.7 Å². The third-order valence-electron chi connectivity index (χ3n) is 8.95. The van der Waals surface area contributed by atoms with Crippen LogP contribution in [0.1, 0.15) is 94.5 Å². The standard InChI is InChI=1S/C38H44ClN5O3/c1-6-8-18-42(19-9-7-2)38(47)34-21-26(4)44(41-34)35-17-15-28(29-14-16-31(33(39)23-29)36(45)40-5)22-32(35)37(46)43-24-30-13-11-10-12-27(30)20-25(43)3/h10-17,21-23,25H,6-9,18-20,24H2,1-5H3,(H,40,45)/t25-/m1/s1. The Balaban J connectivity index is 1.58. The number of hydrogen-bond acceptors (Lipinski definition) is 4. The van der Waals surface area contributed by atoms with Gasteiger partial charge >= 0.3 is 0 Å². The normalized spacial score (nSPS) is 14.1. The van der Waals surface area contributed by atoms with Gasteiger partial charge in [0.15, 0.2) is 5.69 Å². The smallest absolute Gasteiger partial charge is 0.274 e. The number of nitrogens with zero attached hydrogens (tertiary/aromatic N) is 4. The van der Waals surface area contributed by atoms with Gasteiger partial charge in [0.1, 0.15) is 0 Å². The van der Waals surface area contributed by atoms with Crippen molar-refractivity contribution in [3.63, 3.8) is 0 Å². The molecule has 0 radical (unpaired) electrons. The molecule has 0 saturated heterocycles. The molecule has 0 saturated carbocycles. The zero-order valence-electron chi connectivity index (χ0n) is 28.0. The number of rotatable bonds is 11. The van der Waals surface area contributed by atoms with Crippen LogP contribution in [0.5, 0.6) is 0 Å². The molecule has 8 nitrogen and oxygen atoms in total. The molecule has 4 aromatic rings. The lowest BCUT2D eigenvalue weighted by Gasteiger charge is -2.35. The molecule has 0 aliphatic carbocycles. The monoisotopic (exact) mass is 653 g/mol. The quantitative estimate of drug-likeness (QED) is 0.182. The average Bonchev–Trinajstić information content (AvgIpc) is 3.47. The Hall–Kier alpha value is -4.43. The molecule has 0 bridgehead atoms. The second-order valence-corrected chi connectivity index (χ2v) is 12.7. The molecule has 3 aromatic carbocycles. The van der Waals surface area contributed by atoms with Crippen LogP contribution in [-0.4, -0.2) is 63.5 Å². The fourth-order valence-electron chi connectivity index (χ4n) is 6.19. The van der Waals surface area contributed by atoms with Crippen LogP contribution in [0, 0.1) is 6.92 Å². The van der Waals surface area contributed by atoms with Gasteiger partial charge in [0.05, 0.1) is 21.8 Å². The van der Waals surface area contributed by atoms with E-state index in [1.54, 1.807) is 23.9 Å². The number of nitrogens with one attached hydrogen (secondary N) is 1. The molecular weight excluding hydrogens is 610 g/mol. The van der Waals surface area contributed by atoms with Gasteiger partial charge in [0.25, 0.3) is 17.7 Å². The summed E-state index contributed by atoms with van der Waals surface area (Å²) in [6.07, 6.45) is 4.62. The van der Waals surface area contributed by atoms with Crippen molar-refractivity contribution in [1.82, 2.24) is 24.9 Å². The molecular formula is C38H44ClN5O3. The minimum atomic E-state index is -0.269. The van der Waals surface area contributed by atoms with Gasteiger partial charge in [-0.2, -0.15) is 5.10 Å². The molecule has 3 amide bonds. The SMILES string of the molecule is CCCCN(CCCC)C(=O)c1cc(C)n(-c2ccc(-c3ccc(C(=O)NC)c(Cl)c3)cc2C(=O)N2Cc3ccccc3C[C@H]2C)n1. The summed E-state index contributed by atoms with van der Waals surface area (Å²) >= 11 is 6.53. The molecule has 1 aliphatic heterocycles. The molecule has 0 fully saturated rings. The first kappa shape index (κ1) is 33.9. The lowest BCUT2D eigenvalue weighted by Crippen LogP contribution is -2.43. The molecule has 0 unspecified atom stereocenters. The van der Waals surface area contributed by atoms with E-state index < -0.39 is 0 Å². The van der Waals surface area contributed by atoms with Crippen molar-refractivity contribution in [3.8, 4) is 16.8 Å². The minimum Gasteiger partial charge on any atom is -0.355 e. The third kappa shape index (κ3) is 7.28. The highest BCUT2D eigenvalue weighted by molar-refractivity contribution is 6.34. The average molecular weight is 654 g/mol. The maximum Gasteiger partial charge on any atom is 0.274 e. The van der Waals surface area contributed by atoms with Crippen molar-refractivity contribution in [2.45, 2.75) is 72.4 Å². The first-order valence-corrected chi connectivity index (χ1v) is 16.9. The fraction of sp³-hybridized carbons (Fsp3) is 0.368. The molecule has 1 aliphatic rings. The van der Waals surface area contributed by atoms with Crippen LogP contribution in [0.2, 0.25) is 5.02 Å². The summed E-state index contributed by atoms with van der Waals surface area (Å²) in [6.45, 7) is 10.1. The van der Waals surface area contributed by atoms with Crippen molar-refractivity contribution >= 4 is 29.3 Å². The molecule has 9 heteroatoms. The van der Waals surface area contributed by atoms with Gasteiger partial charge in [-0.05, 0) is 85.7 Å². The second kappa shape index (κ2) is 15.0. The van der Waals surface area contributed by atoms with Gasteiger partial charge in [-0.3, -0.25) is 14.4 Å². The fourth-order valence-corrected chi connectivity index (χ4v) is 6.45. The first-order valence-electron chi connectivity index (χ1n) is 16.6. The molecule has 1 atom stereocenters. The Morgan fingerprint density at radius 2 is 1.57 bits per heavy atom. The molecule has 5 rings (SSSR count). The molecule has 0 spiro atoms. The number of aryl methyl sites for hydroxylation is 1. The zero-order valence-corrected chi connectivity index (χ0v) is 28.7. The van der Waals surface area contributed by atoms with Gasteiger partial charge in [-0.15, -0.1) is 0 Å². The number of amides is 3. The molecule has 1 aromatic heterocycles. The largest absolute Gasteiger partial charge is 0.355 e. The lowest BCUT2D eigenvalue weighted by atomic mass is 9.93. The summed E-state index contributed by atoms with van der Waals surface area (Å²) in [5.74, 6) is -0.479. The molecule has 2 heterocycles. The summed E-state index contributed by atoms with van der Waals surface area (Å²) in [6, 6.07) is 21.0. The van der Waals surface area contributed by atoms with Gasteiger partial charge in [-0.1, -0.05) is 74.7 Å². The Labute approximate surface area is 282 Å². The van der Waals surface area contributed by atoms with Crippen molar-refractivity contribution in [1.29, 1.82) is 0 Å². The van der Waals surface area contributed by atoms with Crippen LogP contribution in [0.4, 0.5) is 0 Å². The van der Waals surface area contributed by atoms with Crippen molar-refractivity contribution in [2.24, 2.45) is 0 Å². The number of aromatic nitrogens is 2. The van der Waals surface area contributed by atoms with E-state index in [1.165, 1.54) is 5.56 Å².